The van der Waals surface area contributed by atoms with E-state index in [0.717, 1.165) is 18.7 Å². The summed E-state index contributed by atoms with van der Waals surface area (Å²) in [6.45, 7) is 2.83. The molecule has 0 saturated carbocycles. The molecule has 0 aliphatic rings. The van der Waals surface area contributed by atoms with Crippen LogP contribution in [0, 0.1) is 4.77 Å². The summed E-state index contributed by atoms with van der Waals surface area (Å²) in [5, 5.41) is 11.0. The number of aromatic amines is 1. The third kappa shape index (κ3) is 1.99. The van der Waals surface area contributed by atoms with Crippen molar-refractivity contribution in [3.05, 3.63) is 28.6 Å². The maximum atomic E-state index is 5.09. The Morgan fingerprint density at radius 3 is 2.93 bits per heavy atom. The molecule has 0 saturated heterocycles. The lowest BCUT2D eigenvalue weighted by atomic mass is 10.2. The molecule has 0 bridgehead atoms. The molecule has 2 rings (SSSR count). The summed E-state index contributed by atoms with van der Waals surface area (Å²) in [5.41, 5.74) is 2.30. The van der Waals surface area contributed by atoms with Crippen molar-refractivity contribution in [2.45, 2.75) is 19.9 Å². The minimum atomic E-state index is 0.640. The summed E-state index contributed by atoms with van der Waals surface area (Å²) in [5.74, 6) is 0. The van der Waals surface area contributed by atoms with E-state index < -0.39 is 0 Å². The average Bonchev–Trinajstić information content (AvgIpc) is 2.75. The van der Waals surface area contributed by atoms with E-state index in [1.54, 1.807) is 6.33 Å². The van der Waals surface area contributed by atoms with Crippen molar-refractivity contribution in [3.8, 4) is 0 Å². The molecule has 0 aliphatic heterocycles. The molecule has 0 amide bonds. The van der Waals surface area contributed by atoms with Crippen LogP contribution in [0.25, 0.3) is 0 Å². The van der Waals surface area contributed by atoms with Crippen molar-refractivity contribution >= 4 is 12.2 Å². The van der Waals surface area contributed by atoms with Crippen LogP contribution >= 0.6 is 12.2 Å². The maximum Gasteiger partial charge on any atom is 0.195 e. The van der Waals surface area contributed by atoms with Crippen molar-refractivity contribution in [2.75, 3.05) is 0 Å². The fraction of sp³-hybridized carbons (Fsp3) is 0.444. The van der Waals surface area contributed by atoms with Gasteiger partial charge in [-0.2, -0.15) is 10.2 Å². The van der Waals surface area contributed by atoms with Gasteiger partial charge in [-0.3, -0.25) is 9.78 Å². The van der Waals surface area contributed by atoms with E-state index in [2.05, 4.69) is 22.2 Å². The van der Waals surface area contributed by atoms with Crippen LogP contribution in [-0.4, -0.2) is 24.5 Å². The first-order valence-electron chi connectivity index (χ1n) is 4.82. The first-order valence-corrected chi connectivity index (χ1v) is 5.22. The van der Waals surface area contributed by atoms with Gasteiger partial charge >= 0.3 is 0 Å². The molecule has 6 heteroatoms. The fourth-order valence-electron chi connectivity index (χ4n) is 1.58. The Labute approximate surface area is 92.7 Å². The first-order chi connectivity index (χ1) is 7.20. The van der Waals surface area contributed by atoms with Gasteiger partial charge in [-0.05, 0) is 18.6 Å². The number of rotatable bonds is 3. The van der Waals surface area contributed by atoms with Crippen LogP contribution in [-0.2, 0) is 20.0 Å². The van der Waals surface area contributed by atoms with Crippen LogP contribution < -0.4 is 0 Å². The second kappa shape index (κ2) is 3.98. The molecule has 0 aliphatic carbocycles. The molecule has 15 heavy (non-hydrogen) atoms. The molecule has 0 aromatic carbocycles. The van der Waals surface area contributed by atoms with Crippen molar-refractivity contribution in [3.63, 3.8) is 0 Å². The Morgan fingerprint density at radius 1 is 1.53 bits per heavy atom. The van der Waals surface area contributed by atoms with Gasteiger partial charge in [0, 0.05) is 18.8 Å². The minimum absolute atomic E-state index is 0.640. The van der Waals surface area contributed by atoms with Crippen molar-refractivity contribution < 1.29 is 0 Å². The molecule has 5 nitrogen and oxygen atoms in total. The number of hydrogen-bond donors (Lipinski definition) is 1. The van der Waals surface area contributed by atoms with Crippen molar-refractivity contribution in [2.24, 2.45) is 7.05 Å². The van der Waals surface area contributed by atoms with E-state index in [0.29, 0.717) is 4.77 Å². The highest BCUT2D eigenvalue weighted by atomic mass is 32.1. The maximum absolute atomic E-state index is 5.09. The molecular weight excluding hydrogens is 210 g/mol. The largest absolute Gasteiger partial charge is 0.302 e. The SMILES string of the molecule is CCc1nn(C)cc1Cn1cn[nH]c1=S. The number of aryl methyl sites for hydroxylation is 2. The van der Waals surface area contributed by atoms with Crippen molar-refractivity contribution in [1.82, 2.24) is 24.5 Å². The summed E-state index contributed by atoms with van der Waals surface area (Å²) < 4.78 is 4.37. The molecule has 0 atom stereocenters. The lowest BCUT2D eigenvalue weighted by Gasteiger charge is -1.99. The highest BCUT2D eigenvalue weighted by Crippen LogP contribution is 2.09. The molecule has 1 N–H and O–H groups in total. The topological polar surface area (TPSA) is 51.4 Å². The van der Waals surface area contributed by atoms with Gasteiger partial charge in [-0.1, -0.05) is 6.92 Å². The number of H-pyrrole nitrogens is 1. The van der Waals surface area contributed by atoms with Gasteiger partial charge in [0.05, 0.1) is 12.2 Å². The predicted octanol–water partition coefficient (Wildman–Crippen LogP) is 1.28. The van der Waals surface area contributed by atoms with E-state index in [1.807, 2.05) is 22.5 Å². The van der Waals surface area contributed by atoms with E-state index in [-0.39, 0.29) is 0 Å². The number of hydrogen-bond acceptors (Lipinski definition) is 3. The van der Waals surface area contributed by atoms with E-state index in [9.17, 15) is 0 Å². The van der Waals surface area contributed by atoms with Crippen LogP contribution in [0.3, 0.4) is 0 Å². The van der Waals surface area contributed by atoms with Gasteiger partial charge in [0.25, 0.3) is 0 Å². The predicted molar refractivity (Wildman–Crippen MR) is 59.1 cm³/mol. The summed E-state index contributed by atoms with van der Waals surface area (Å²) in [7, 11) is 1.93. The fourth-order valence-corrected chi connectivity index (χ4v) is 1.74. The van der Waals surface area contributed by atoms with Crippen LogP contribution in [0.1, 0.15) is 18.2 Å². The Balaban J connectivity index is 2.31. The molecule has 2 aromatic rings. The van der Waals surface area contributed by atoms with Gasteiger partial charge in [-0.15, -0.1) is 0 Å². The quantitative estimate of drug-likeness (QED) is 0.798. The van der Waals surface area contributed by atoms with Crippen LogP contribution in [0.5, 0.6) is 0 Å². The van der Waals surface area contributed by atoms with Crippen LogP contribution in [0.2, 0.25) is 0 Å². The van der Waals surface area contributed by atoms with Gasteiger partial charge < -0.3 is 4.57 Å². The lowest BCUT2D eigenvalue weighted by Crippen LogP contribution is -1.99. The van der Waals surface area contributed by atoms with Crippen LogP contribution in [0.4, 0.5) is 0 Å². The zero-order chi connectivity index (χ0) is 10.8. The molecule has 2 aromatic heterocycles. The van der Waals surface area contributed by atoms with Gasteiger partial charge in [-0.25, -0.2) is 0 Å². The number of nitrogens with zero attached hydrogens (tertiary/aromatic N) is 4. The Hall–Kier alpha value is -1.43. The number of aromatic nitrogens is 5. The second-order valence-corrected chi connectivity index (χ2v) is 3.80. The summed E-state index contributed by atoms with van der Waals surface area (Å²) in [4.78, 5) is 0. The standard InChI is InChI=1S/C9H13N5S/c1-3-8-7(4-13(2)12-8)5-14-6-10-11-9(14)15/h4,6H,3,5H2,1-2H3,(H,11,15). The van der Waals surface area contributed by atoms with Gasteiger partial charge in [0.1, 0.15) is 6.33 Å². The second-order valence-electron chi connectivity index (χ2n) is 3.42. The van der Waals surface area contributed by atoms with Crippen LogP contribution in [0.15, 0.2) is 12.5 Å². The molecule has 0 spiro atoms. The highest BCUT2D eigenvalue weighted by Gasteiger charge is 2.06. The zero-order valence-corrected chi connectivity index (χ0v) is 9.58. The minimum Gasteiger partial charge on any atom is -0.302 e. The van der Waals surface area contributed by atoms with E-state index in [1.165, 1.54) is 5.56 Å². The zero-order valence-electron chi connectivity index (χ0n) is 8.77. The smallest absolute Gasteiger partial charge is 0.195 e. The third-order valence-corrected chi connectivity index (χ3v) is 2.61. The summed E-state index contributed by atoms with van der Waals surface area (Å²) in [6, 6.07) is 0. The van der Waals surface area contributed by atoms with Gasteiger partial charge in [0.2, 0.25) is 0 Å². The monoisotopic (exact) mass is 223 g/mol. The highest BCUT2D eigenvalue weighted by molar-refractivity contribution is 7.71. The summed E-state index contributed by atoms with van der Waals surface area (Å²) in [6.07, 6.45) is 4.66. The molecule has 0 radical (unpaired) electrons. The van der Waals surface area contributed by atoms with E-state index in [4.69, 9.17) is 12.2 Å². The lowest BCUT2D eigenvalue weighted by molar-refractivity contribution is 0.746. The van der Waals surface area contributed by atoms with Gasteiger partial charge in [0.15, 0.2) is 4.77 Å². The Kier molecular flexibility index (Phi) is 2.68. The molecule has 2 heterocycles. The first kappa shape index (κ1) is 10.1. The number of nitrogens with one attached hydrogen (secondary N) is 1. The van der Waals surface area contributed by atoms with Crippen molar-refractivity contribution in [1.29, 1.82) is 0 Å². The van der Waals surface area contributed by atoms with E-state index >= 15 is 0 Å². The molecular formula is C9H13N5S. The third-order valence-electron chi connectivity index (χ3n) is 2.29. The molecule has 0 fully saturated rings. The Bertz CT molecular complexity index is 507. The Morgan fingerprint density at radius 2 is 2.33 bits per heavy atom. The normalized spacial score (nSPS) is 10.8. The summed E-state index contributed by atoms with van der Waals surface area (Å²) >= 11 is 5.09. The molecule has 80 valence electrons. The average molecular weight is 223 g/mol. The molecule has 0 unspecified atom stereocenters.